The van der Waals surface area contributed by atoms with Crippen LogP contribution >= 0.6 is 0 Å². The fraction of sp³-hybridized carbons (Fsp3) is 0.200. The Kier molecular flexibility index (Phi) is 4.60. The number of hydrogen-bond donors (Lipinski definition) is 2. The summed E-state index contributed by atoms with van der Waals surface area (Å²) in [5.74, 6) is -0.862. The SMILES string of the molecule is COC(=O)c1ccc(NC(=O)c2cc3cc(F)ccc3[nH]2)c2c1OCCCO2. The van der Waals surface area contributed by atoms with Gasteiger partial charge in [0, 0.05) is 17.3 Å². The number of H-pyrrole nitrogens is 1. The summed E-state index contributed by atoms with van der Waals surface area (Å²) in [5.41, 5.74) is 1.49. The first kappa shape index (κ1) is 17.8. The Morgan fingerprint density at radius 1 is 1.11 bits per heavy atom. The molecule has 7 nitrogen and oxygen atoms in total. The van der Waals surface area contributed by atoms with Gasteiger partial charge in [-0.25, -0.2) is 9.18 Å². The van der Waals surface area contributed by atoms with E-state index in [2.05, 4.69) is 10.3 Å². The van der Waals surface area contributed by atoms with Crippen LogP contribution in [0, 0.1) is 5.82 Å². The van der Waals surface area contributed by atoms with Crippen LogP contribution in [0.2, 0.25) is 0 Å². The van der Waals surface area contributed by atoms with Crippen LogP contribution in [0.5, 0.6) is 11.5 Å². The molecule has 0 bridgehead atoms. The third kappa shape index (κ3) is 3.24. The van der Waals surface area contributed by atoms with Crippen LogP contribution in [0.15, 0.2) is 36.4 Å². The van der Waals surface area contributed by atoms with Crippen LogP contribution in [0.4, 0.5) is 10.1 Å². The van der Waals surface area contributed by atoms with E-state index >= 15 is 0 Å². The monoisotopic (exact) mass is 384 g/mol. The Labute approximate surface area is 159 Å². The quantitative estimate of drug-likeness (QED) is 0.675. The van der Waals surface area contributed by atoms with Crippen LogP contribution in [0.3, 0.4) is 0 Å². The predicted octanol–water partition coefficient (Wildman–Crippen LogP) is 3.51. The van der Waals surface area contributed by atoms with Crippen molar-refractivity contribution in [3.05, 3.63) is 53.5 Å². The Balaban J connectivity index is 1.68. The van der Waals surface area contributed by atoms with Crippen molar-refractivity contribution in [1.29, 1.82) is 0 Å². The number of fused-ring (bicyclic) bond motifs is 2. The van der Waals surface area contributed by atoms with Crippen LogP contribution in [0.25, 0.3) is 10.9 Å². The summed E-state index contributed by atoms with van der Waals surface area (Å²) in [4.78, 5) is 27.6. The molecule has 1 aromatic heterocycles. The van der Waals surface area contributed by atoms with Crippen LogP contribution in [0.1, 0.15) is 27.3 Å². The molecule has 2 aromatic carbocycles. The number of amides is 1. The molecule has 2 N–H and O–H groups in total. The number of aromatic nitrogens is 1. The molecule has 0 unspecified atom stereocenters. The number of halogens is 1. The zero-order chi connectivity index (χ0) is 19.7. The number of carbonyl (C=O) groups is 2. The molecule has 0 saturated carbocycles. The number of rotatable bonds is 3. The lowest BCUT2D eigenvalue weighted by Gasteiger charge is -2.15. The Hall–Kier alpha value is -3.55. The third-order valence-corrected chi connectivity index (χ3v) is 4.37. The van der Waals surface area contributed by atoms with Crippen molar-refractivity contribution in [2.45, 2.75) is 6.42 Å². The number of methoxy groups -OCH3 is 1. The number of nitrogens with one attached hydrogen (secondary N) is 2. The summed E-state index contributed by atoms with van der Waals surface area (Å²) >= 11 is 0. The van der Waals surface area contributed by atoms with Crippen molar-refractivity contribution < 1.29 is 28.2 Å². The molecule has 0 aliphatic carbocycles. The van der Waals surface area contributed by atoms with Crippen molar-refractivity contribution in [3.63, 3.8) is 0 Å². The van der Waals surface area contributed by atoms with Crippen molar-refractivity contribution in [2.75, 3.05) is 25.6 Å². The van der Waals surface area contributed by atoms with E-state index < -0.39 is 11.9 Å². The van der Waals surface area contributed by atoms with Crippen LogP contribution < -0.4 is 14.8 Å². The van der Waals surface area contributed by atoms with E-state index in [1.165, 1.54) is 25.3 Å². The number of esters is 1. The first-order chi connectivity index (χ1) is 13.6. The molecule has 8 heteroatoms. The zero-order valence-corrected chi connectivity index (χ0v) is 15.0. The van der Waals surface area contributed by atoms with Crippen molar-refractivity contribution in [1.82, 2.24) is 4.98 Å². The normalized spacial score (nSPS) is 13.1. The molecule has 1 aliphatic heterocycles. The van der Waals surface area contributed by atoms with E-state index in [1.54, 1.807) is 18.2 Å². The van der Waals surface area contributed by atoms with Crippen molar-refractivity contribution in [2.24, 2.45) is 0 Å². The van der Waals surface area contributed by atoms with Crippen molar-refractivity contribution in [3.8, 4) is 11.5 Å². The maximum absolute atomic E-state index is 13.4. The second-order valence-corrected chi connectivity index (χ2v) is 6.23. The van der Waals surface area contributed by atoms with Gasteiger partial charge in [-0.15, -0.1) is 0 Å². The van der Waals surface area contributed by atoms with E-state index in [4.69, 9.17) is 14.2 Å². The van der Waals surface area contributed by atoms with Gasteiger partial charge >= 0.3 is 5.97 Å². The molecular weight excluding hydrogens is 367 g/mol. The first-order valence-electron chi connectivity index (χ1n) is 8.67. The number of hydrogen-bond acceptors (Lipinski definition) is 5. The lowest BCUT2D eigenvalue weighted by Crippen LogP contribution is -2.14. The van der Waals surface area contributed by atoms with E-state index in [-0.39, 0.29) is 28.6 Å². The second kappa shape index (κ2) is 7.22. The molecule has 0 fully saturated rings. The van der Waals surface area contributed by atoms with E-state index in [9.17, 15) is 14.0 Å². The van der Waals surface area contributed by atoms with Gasteiger partial charge in [0.25, 0.3) is 5.91 Å². The fourth-order valence-electron chi connectivity index (χ4n) is 3.04. The number of carbonyl (C=O) groups excluding carboxylic acids is 2. The van der Waals surface area contributed by atoms with Gasteiger partial charge < -0.3 is 24.5 Å². The minimum atomic E-state index is -0.558. The van der Waals surface area contributed by atoms with Crippen LogP contribution in [-0.4, -0.2) is 37.2 Å². The molecule has 144 valence electrons. The lowest BCUT2D eigenvalue weighted by atomic mass is 10.1. The van der Waals surface area contributed by atoms with Gasteiger partial charge in [0.2, 0.25) is 0 Å². The van der Waals surface area contributed by atoms with Crippen LogP contribution in [-0.2, 0) is 4.74 Å². The summed E-state index contributed by atoms with van der Waals surface area (Å²) < 4.78 is 29.5. The highest BCUT2D eigenvalue weighted by Gasteiger charge is 2.24. The molecular formula is C20H17FN2O5. The number of aromatic amines is 1. The minimum absolute atomic E-state index is 0.221. The Bertz CT molecular complexity index is 1080. The highest BCUT2D eigenvalue weighted by Crippen LogP contribution is 2.40. The molecule has 2 heterocycles. The van der Waals surface area contributed by atoms with Gasteiger partial charge in [-0.1, -0.05) is 0 Å². The lowest BCUT2D eigenvalue weighted by molar-refractivity contribution is 0.0596. The van der Waals surface area contributed by atoms with Gasteiger partial charge in [0.05, 0.1) is 26.0 Å². The van der Waals surface area contributed by atoms with Crippen molar-refractivity contribution >= 4 is 28.5 Å². The summed E-state index contributed by atoms with van der Waals surface area (Å²) in [6, 6.07) is 8.85. The molecule has 0 spiro atoms. The average Bonchev–Trinajstić information content (AvgIpc) is 2.95. The molecule has 0 saturated heterocycles. The molecule has 0 radical (unpaired) electrons. The molecule has 4 rings (SSSR count). The molecule has 28 heavy (non-hydrogen) atoms. The van der Waals surface area contributed by atoms with E-state index in [1.807, 2.05) is 0 Å². The Morgan fingerprint density at radius 2 is 1.89 bits per heavy atom. The smallest absolute Gasteiger partial charge is 0.341 e. The summed E-state index contributed by atoms with van der Waals surface area (Å²) in [6.07, 6.45) is 0.635. The molecule has 0 atom stereocenters. The van der Waals surface area contributed by atoms with E-state index in [0.717, 1.165) is 0 Å². The zero-order valence-electron chi connectivity index (χ0n) is 15.0. The van der Waals surface area contributed by atoms with Gasteiger partial charge in [-0.05, 0) is 36.4 Å². The standard InChI is InChI=1S/C20H17FN2O5/c1-26-20(25)13-4-6-15(18-17(13)27-7-2-8-28-18)23-19(24)16-10-11-9-12(21)3-5-14(11)22-16/h3-6,9-10,22H,2,7-8H2,1H3,(H,23,24). The first-order valence-corrected chi connectivity index (χ1v) is 8.67. The molecule has 1 amide bonds. The highest BCUT2D eigenvalue weighted by atomic mass is 19.1. The predicted molar refractivity (Wildman–Crippen MR) is 99.6 cm³/mol. The largest absolute Gasteiger partial charge is 0.489 e. The van der Waals surface area contributed by atoms with Gasteiger partial charge in [0.1, 0.15) is 17.1 Å². The summed E-state index contributed by atoms with van der Waals surface area (Å²) in [6.45, 7) is 0.758. The molecule has 3 aromatic rings. The number of ether oxygens (including phenoxy) is 3. The third-order valence-electron chi connectivity index (χ3n) is 4.37. The Morgan fingerprint density at radius 3 is 2.68 bits per heavy atom. The number of benzene rings is 2. The average molecular weight is 384 g/mol. The van der Waals surface area contributed by atoms with Gasteiger partial charge in [-0.2, -0.15) is 0 Å². The summed E-state index contributed by atoms with van der Waals surface area (Å²) in [5, 5.41) is 3.34. The maximum atomic E-state index is 13.4. The fourth-order valence-corrected chi connectivity index (χ4v) is 3.04. The minimum Gasteiger partial charge on any atom is -0.489 e. The maximum Gasteiger partial charge on any atom is 0.341 e. The van der Waals surface area contributed by atoms with E-state index in [0.29, 0.717) is 36.2 Å². The summed E-state index contributed by atoms with van der Waals surface area (Å²) in [7, 11) is 1.28. The highest BCUT2D eigenvalue weighted by molar-refractivity contribution is 6.07. The topological polar surface area (TPSA) is 89.7 Å². The second-order valence-electron chi connectivity index (χ2n) is 6.23. The molecule has 1 aliphatic rings. The van der Waals surface area contributed by atoms with Gasteiger partial charge in [0.15, 0.2) is 11.5 Å². The number of anilines is 1. The van der Waals surface area contributed by atoms with Gasteiger partial charge in [-0.3, -0.25) is 4.79 Å².